The van der Waals surface area contributed by atoms with E-state index >= 15 is 0 Å². The molecule has 2 atom stereocenters. The van der Waals surface area contributed by atoms with Gasteiger partial charge in [0, 0.05) is 0 Å². The fraction of sp³-hybridized carbons (Fsp3) is 0.500. The van der Waals surface area contributed by atoms with Crippen LogP contribution in [0.3, 0.4) is 0 Å². The predicted octanol–water partition coefficient (Wildman–Crippen LogP) is 4.99. The van der Waals surface area contributed by atoms with Crippen LogP contribution in [-0.2, 0) is 11.0 Å². The predicted molar refractivity (Wildman–Crippen MR) is 125 cm³/mol. The topological polar surface area (TPSA) is 40.5 Å². The van der Waals surface area contributed by atoms with Crippen LogP contribution in [0.5, 0.6) is 0 Å². The normalized spacial score (nSPS) is 25.3. The quantitative estimate of drug-likeness (QED) is 0.545. The van der Waals surface area contributed by atoms with Gasteiger partial charge < -0.3 is 5.11 Å². The van der Waals surface area contributed by atoms with Gasteiger partial charge in [-0.1, -0.05) is 0 Å². The molecule has 2 aliphatic rings. The molecule has 0 bridgehead atoms. The molecule has 2 saturated carbocycles. The summed E-state index contributed by atoms with van der Waals surface area (Å²) in [6.45, 7) is 0.733. The van der Waals surface area contributed by atoms with Gasteiger partial charge in [-0.05, 0) is 6.92 Å². The minimum Gasteiger partial charge on any atom is -0.167 e. The molecule has 0 heterocycles. The van der Waals surface area contributed by atoms with E-state index in [4.69, 9.17) is 0 Å². The number of rotatable bonds is 6. The number of alkyl halides is 3. The van der Waals surface area contributed by atoms with E-state index in [1.165, 1.54) is 29.8 Å². The van der Waals surface area contributed by atoms with Crippen LogP contribution < -0.4 is 0 Å². The maximum atomic E-state index is 13.4. The van der Waals surface area contributed by atoms with Crippen LogP contribution in [-0.4, -0.2) is 51.0 Å². The number of carbonyl (C=O) groups is 1. The Morgan fingerprint density at radius 2 is 1.55 bits per heavy atom. The summed E-state index contributed by atoms with van der Waals surface area (Å²) in [6.07, 6.45) is 1.09. The number of nitrogens with zero attached hydrogens (tertiary/aromatic N) is 1. The zero-order chi connectivity index (χ0) is 23.9. The van der Waals surface area contributed by atoms with Crippen molar-refractivity contribution in [3.8, 4) is 0 Å². The van der Waals surface area contributed by atoms with E-state index in [-0.39, 0.29) is 29.0 Å². The third-order valence-corrected chi connectivity index (χ3v) is 9.14. The molecular formula is C26H31AsF3NO2. The fourth-order valence-corrected chi connectivity index (χ4v) is 6.42. The largest absolute Gasteiger partial charge is 0.421 e. The minimum absolute atomic E-state index is 0.117. The van der Waals surface area contributed by atoms with Gasteiger partial charge in [-0.3, -0.25) is 0 Å². The Hall–Kier alpha value is -1.78. The van der Waals surface area contributed by atoms with Gasteiger partial charge in [0.2, 0.25) is 0 Å². The molecule has 0 saturated heterocycles. The van der Waals surface area contributed by atoms with Gasteiger partial charge in [0.25, 0.3) is 0 Å². The molecule has 7 heteroatoms. The summed E-state index contributed by atoms with van der Waals surface area (Å²) in [4.78, 5) is 15.4. The molecule has 4 rings (SSSR count). The number of aliphatic hydroxyl groups is 1. The first kappa shape index (κ1) is 24.3. The average Bonchev–Trinajstić information content (AvgIpc) is 3.65. The monoisotopic (exact) mass is 521 g/mol. The zero-order valence-electron chi connectivity index (χ0n) is 18.8. The molecule has 2 aliphatic carbocycles. The van der Waals surface area contributed by atoms with Gasteiger partial charge in [0.1, 0.15) is 0 Å². The Morgan fingerprint density at radius 1 is 1.00 bits per heavy atom. The second kappa shape index (κ2) is 9.11. The van der Waals surface area contributed by atoms with Crippen molar-refractivity contribution in [3.05, 3.63) is 71.3 Å². The smallest absolute Gasteiger partial charge is 0.167 e. The summed E-state index contributed by atoms with van der Waals surface area (Å²) >= 11 is 1.73. The van der Waals surface area contributed by atoms with E-state index in [1.54, 1.807) is 16.9 Å². The summed E-state index contributed by atoms with van der Waals surface area (Å²) < 4.78 is 39.5. The van der Waals surface area contributed by atoms with E-state index in [0.29, 0.717) is 5.56 Å². The van der Waals surface area contributed by atoms with Gasteiger partial charge in [0.05, 0.1) is 0 Å². The molecule has 0 aliphatic heterocycles. The maximum absolute atomic E-state index is 13.4. The number of halogens is 3. The molecule has 0 aromatic heterocycles. The number of amides is 1. The number of carbonyl (C=O) groups excluding carboxylic acids is 1. The number of hydrogen-bond donors (Lipinski definition) is 1. The molecule has 0 radical (unpaired) electrons. The molecule has 33 heavy (non-hydrogen) atoms. The van der Waals surface area contributed by atoms with E-state index in [2.05, 4.69) is 24.3 Å². The van der Waals surface area contributed by atoms with Crippen LogP contribution in [0.2, 0.25) is 5.21 Å². The molecule has 178 valence electrons. The standard InChI is InChI=1S/C26H31AsF3NO2/c1-24(33,26(28,29)30)19-9-7-18(8-10-19)23(32)31(21-11-12-21)22-13-15-25(17-27,16-14-22)20-5-3-2-4-6-20/h2-10,21-22,33H,11-17,27H2,1H3. The van der Waals surface area contributed by atoms with Crippen molar-refractivity contribution >= 4 is 22.8 Å². The Bertz CT molecular complexity index is 963. The summed E-state index contributed by atoms with van der Waals surface area (Å²) in [5, 5.41) is 11.0. The Morgan fingerprint density at radius 3 is 2.03 bits per heavy atom. The second-order valence-electron chi connectivity index (χ2n) is 9.67. The Kier molecular flexibility index (Phi) is 6.72. The average molecular weight is 521 g/mol. The molecule has 3 nitrogen and oxygen atoms in total. The van der Waals surface area contributed by atoms with Crippen LogP contribution in [0.25, 0.3) is 0 Å². The summed E-state index contributed by atoms with van der Waals surface area (Å²) in [5.41, 5.74) is -1.29. The summed E-state index contributed by atoms with van der Waals surface area (Å²) in [5.74, 6) is -0.117. The molecule has 2 aromatic rings. The summed E-state index contributed by atoms with van der Waals surface area (Å²) in [7, 11) is 0. The molecule has 0 spiro atoms. The minimum atomic E-state index is -4.79. The van der Waals surface area contributed by atoms with E-state index < -0.39 is 11.8 Å². The van der Waals surface area contributed by atoms with Crippen LogP contribution in [0, 0.1) is 0 Å². The van der Waals surface area contributed by atoms with Crippen LogP contribution in [0.15, 0.2) is 54.6 Å². The molecule has 2 aromatic carbocycles. The van der Waals surface area contributed by atoms with Gasteiger partial charge >= 0.3 is 177 Å². The third kappa shape index (κ3) is 4.74. The number of benzene rings is 2. The van der Waals surface area contributed by atoms with Crippen molar-refractivity contribution in [2.24, 2.45) is 0 Å². The summed E-state index contributed by atoms with van der Waals surface area (Å²) in [6, 6.07) is 16.3. The van der Waals surface area contributed by atoms with Crippen molar-refractivity contribution in [1.82, 2.24) is 4.90 Å². The van der Waals surface area contributed by atoms with Crippen LogP contribution in [0.4, 0.5) is 13.2 Å². The van der Waals surface area contributed by atoms with Gasteiger partial charge in [0.15, 0.2) is 0 Å². The zero-order valence-corrected chi connectivity index (χ0v) is 21.2. The fourth-order valence-electron chi connectivity index (χ4n) is 5.07. The number of hydrogen-bond acceptors (Lipinski definition) is 2. The molecule has 2 fully saturated rings. The first-order valence-electron chi connectivity index (χ1n) is 11.6. The molecular weight excluding hydrogens is 490 g/mol. The molecule has 1 amide bonds. The van der Waals surface area contributed by atoms with Gasteiger partial charge in [-0.15, -0.1) is 0 Å². The van der Waals surface area contributed by atoms with Crippen molar-refractivity contribution in [2.75, 3.05) is 0 Å². The van der Waals surface area contributed by atoms with Crippen molar-refractivity contribution in [1.29, 1.82) is 0 Å². The third-order valence-electron chi connectivity index (χ3n) is 7.50. The van der Waals surface area contributed by atoms with Gasteiger partial charge in [-0.2, -0.15) is 13.2 Å². The first-order chi connectivity index (χ1) is 15.6. The maximum Gasteiger partial charge on any atom is 0.421 e. The first-order valence-corrected chi connectivity index (χ1v) is 13.3. The SMILES string of the molecule is CC(O)(c1ccc(C(=O)N(C2CC2)C2CCC(C[AsH2])(c3ccccc3)CC2)cc1)C(F)(F)F. The van der Waals surface area contributed by atoms with Gasteiger partial charge in [-0.25, -0.2) is 0 Å². The van der Waals surface area contributed by atoms with Crippen molar-refractivity contribution in [3.63, 3.8) is 0 Å². The second-order valence-corrected chi connectivity index (χ2v) is 10.5. The van der Waals surface area contributed by atoms with E-state index in [1.807, 2.05) is 11.0 Å². The van der Waals surface area contributed by atoms with Crippen molar-refractivity contribution in [2.45, 2.75) is 79.9 Å². The molecule has 2 unspecified atom stereocenters. The van der Waals surface area contributed by atoms with Crippen LogP contribution in [0.1, 0.15) is 66.9 Å². The van der Waals surface area contributed by atoms with E-state index in [9.17, 15) is 23.1 Å². The van der Waals surface area contributed by atoms with Crippen LogP contribution >= 0.6 is 0 Å². The molecule has 1 N–H and O–H groups in total. The Labute approximate surface area is 201 Å². The van der Waals surface area contributed by atoms with Crippen molar-refractivity contribution < 1.29 is 23.1 Å². The van der Waals surface area contributed by atoms with E-state index in [0.717, 1.165) is 50.7 Å². The Balaban J connectivity index is 1.50.